The van der Waals surface area contributed by atoms with Gasteiger partial charge in [-0.3, -0.25) is 9.69 Å². The van der Waals surface area contributed by atoms with Crippen molar-refractivity contribution in [3.05, 3.63) is 0 Å². The minimum Gasteiger partial charge on any atom is -0.480 e. The summed E-state index contributed by atoms with van der Waals surface area (Å²) in [7, 11) is 0. The number of hydrogen-bond donors (Lipinski definition) is 3. The molecule has 7 heteroatoms. The van der Waals surface area contributed by atoms with Crippen LogP contribution in [0.3, 0.4) is 0 Å². The average molecular weight is 353 g/mol. The Labute approximate surface area is 149 Å². The third-order valence-electron chi connectivity index (χ3n) is 6.07. The summed E-state index contributed by atoms with van der Waals surface area (Å²) in [6.45, 7) is 6.42. The Balaban J connectivity index is 1.37. The number of urea groups is 1. The van der Waals surface area contributed by atoms with Gasteiger partial charge in [0.15, 0.2) is 0 Å². The molecule has 3 aliphatic rings. The van der Waals surface area contributed by atoms with E-state index in [1.165, 1.54) is 12.8 Å². The van der Waals surface area contributed by atoms with Crippen molar-refractivity contribution >= 4 is 12.0 Å². The number of rotatable bonds is 8. The van der Waals surface area contributed by atoms with E-state index in [0.29, 0.717) is 12.5 Å². The number of carbonyl (C=O) groups excluding carboxylic acids is 1. The number of ether oxygens (including phenoxy) is 1. The smallest absolute Gasteiger partial charge is 0.317 e. The molecule has 0 aromatic carbocycles. The van der Waals surface area contributed by atoms with E-state index in [4.69, 9.17) is 9.84 Å². The van der Waals surface area contributed by atoms with Crippen molar-refractivity contribution in [2.24, 2.45) is 11.3 Å². The molecule has 0 radical (unpaired) electrons. The Morgan fingerprint density at radius 3 is 2.64 bits per heavy atom. The Morgan fingerprint density at radius 2 is 2.04 bits per heavy atom. The second-order valence-electron chi connectivity index (χ2n) is 8.14. The number of nitrogens with one attached hydrogen (secondary N) is 2. The van der Waals surface area contributed by atoms with E-state index in [1.807, 2.05) is 11.8 Å². The molecule has 0 bridgehead atoms. The molecular formula is C18H31N3O4. The molecule has 1 saturated heterocycles. The molecule has 0 aromatic rings. The first-order valence-corrected chi connectivity index (χ1v) is 9.53. The van der Waals surface area contributed by atoms with Gasteiger partial charge < -0.3 is 20.5 Å². The first-order valence-electron chi connectivity index (χ1n) is 9.53. The summed E-state index contributed by atoms with van der Waals surface area (Å²) < 4.78 is 5.90. The van der Waals surface area contributed by atoms with Crippen LogP contribution in [-0.2, 0) is 9.53 Å². The van der Waals surface area contributed by atoms with Crippen molar-refractivity contribution in [3.8, 4) is 0 Å². The van der Waals surface area contributed by atoms with Gasteiger partial charge in [-0.2, -0.15) is 0 Å². The lowest BCUT2D eigenvalue weighted by Gasteiger charge is -2.42. The topological polar surface area (TPSA) is 90.9 Å². The van der Waals surface area contributed by atoms with Gasteiger partial charge in [-0.25, -0.2) is 4.79 Å². The average Bonchev–Trinajstić information content (AvgIpc) is 3.29. The molecule has 1 heterocycles. The van der Waals surface area contributed by atoms with Gasteiger partial charge >= 0.3 is 12.0 Å². The number of carbonyl (C=O) groups is 2. The molecule has 2 saturated carbocycles. The lowest BCUT2D eigenvalue weighted by Crippen LogP contribution is -2.57. The van der Waals surface area contributed by atoms with E-state index < -0.39 is 5.97 Å². The molecule has 2 amide bonds. The van der Waals surface area contributed by atoms with Gasteiger partial charge in [0.1, 0.15) is 0 Å². The molecule has 3 N–H and O–H groups in total. The Morgan fingerprint density at radius 1 is 1.32 bits per heavy atom. The number of amides is 2. The normalized spacial score (nSPS) is 34.6. The second-order valence-corrected chi connectivity index (χ2v) is 8.14. The van der Waals surface area contributed by atoms with Gasteiger partial charge in [0.2, 0.25) is 0 Å². The van der Waals surface area contributed by atoms with Crippen LogP contribution in [0.4, 0.5) is 4.79 Å². The highest BCUT2D eigenvalue weighted by Gasteiger charge is 2.48. The minimum absolute atomic E-state index is 0.0428. The molecule has 0 aromatic heterocycles. The molecule has 1 aliphatic heterocycles. The van der Waals surface area contributed by atoms with Crippen molar-refractivity contribution in [2.75, 3.05) is 26.2 Å². The van der Waals surface area contributed by atoms with Crippen LogP contribution in [0.2, 0.25) is 0 Å². The number of nitrogens with zero attached hydrogens (tertiary/aromatic N) is 1. The zero-order valence-corrected chi connectivity index (χ0v) is 15.3. The minimum atomic E-state index is -0.798. The maximum absolute atomic E-state index is 12.2. The molecule has 3 fully saturated rings. The van der Waals surface area contributed by atoms with Gasteiger partial charge in [-0.15, -0.1) is 0 Å². The first-order chi connectivity index (χ1) is 11.9. The van der Waals surface area contributed by atoms with E-state index in [9.17, 15) is 9.59 Å². The summed E-state index contributed by atoms with van der Waals surface area (Å²) in [5.41, 5.74) is 0.0428. The van der Waals surface area contributed by atoms with E-state index in [-0.39, 0.29) is 36.2 Å². The molecule has 2 aliphatic carbocycles. The number of aliphatic carboxylic acids is 1. The Hall–Kier alpha value is -1.34. The fourth-order valence-corrected chi connectivity index (χ4v) is 4.25. The van der Waals surface area contributed by atoms with Crippen LogP contribution in [0.15, 0.2) is 0 Å². The molecular weight excluding hydrogens is 322 g/mol. The fourth-order valence-electron chi connectivity index (χ4n) is 4.25. The Kier molecular flexibility index (Phi) is 5.53. The monoisotopic (exact) mass is 353 g/mol. The SMILES string of the molecule is CCN(CC(=O)O)C1CC(NC(=O)NCC2(C)CCOC2C2CC2)C1. The highest BCUT2D eigenvalue weighted by atomic mass is 16.5. The predicted molar refractivity (Wildman–Crippen MR) is 93.4 cm³/mol. The van der Waals surface area contributed by atoms with Gasteiger partial charge in [-0.1, -0.05) is 13.8 Å². The van der Waals surface area contributed by atoms with E-state index in [1.54, 1.807) is 0 Å². The molecule has 7 nitrogen and oxygen atoms in total. The zero-order valence-electron chi connectivity index (χ0n) is 15.3. The van der Waals surface area contributed by atoms with Crippen LogP contribution in [0.1, 0.15) is 46.0 Å². The molecule has 0 spiro atoms. The number of hydrogen-bond acceptors (Lipinski definition) is 4. The molecule has 2 unspecified atom stereocenters. The summed E-state index contributed by atoms with van der Waals surface area (Å²) in [6, 6.07) is 0.276. The molecule has 25 heavy (non-hydrogen) atoms. The molecule has 3 rings (SSSR count). The van der Waals surface area contributed by atoms with Crippen LogP contribution in [-0.4, -0.2) is 66.4 Å². The third kappa shape index (κ3) is 4.44. The standard InChI is InChI=1S/C18H31N3O4/c1-3-21(10-15(22)23)14-8-13(9-14)20-17(24)19-11-18(2)6-7-25-16(18)12-4-5-12/h12-14,16H,3-11H2,1-2H3,(H,22,23)(H2,19,20,24). The van der Waals surface area contributed by atoms with Crippen molar-refractivity contribution < 1.29 is 19.4 Å². The van der Waals surface area contributed by atoms with E-state index in [0.717, 1.165) is 32.4 Å². The van der Waals surface area contributed by atoms with Gasteiger partial charge in [0.05, 0.1) is 12.6 Å². The van der Waals surface area contributed by atoms with Crippen LogP contribution in [0, 0.1) is 11.3 Å². The second kappa shape index (κ2) is 7.50. The highest BCUT2D eigenvalue weighted by Crippen LogP contribution is 2.47. The summed E-state index contributed by atoms with van der Waals surface area (Å²) in [5.74, 6) is -0.118. The lowest BCUT2D eigenvalue weighted by atomic mass is 9.81. The maximum Gasteiger partial charge on any atom is 0.317 e. The zero-order chi connectivity index (χ0) is 18.0. The summed E-state index contributed by atoms with van der Waals surface area (Å²) in [5, 5.41) is 15.0. The van der Waals surface area contributed by atoms with Crippen LogP contribution in [0.25, 0.3) is 0 Å². The Bertz CT molecular complexity index is 505. The summed E-state index contributed by atoms with van der Waals surface area (Å²) in [4.78, 5) is 25.0. The third-order valence-corrected chi connectivity index (χ3v) is 6.07. The van der Waals surface area contributed by atoms with Gasteiger partial charge in [-0.05, 0) is 44.6 Å². The number of likely N-dealkylation sites (N-methyl/N-ethyl adjacent to an activating group) is 1. The maximum atomic E-state index is 12.2. The van der Waals surface area contributed by atoms with Crippen LogP contribution in [0.5, 0.6) is 0 Å². The number of carboxylic acids is 1. The predicted octanol–water partition coefficient (Wildman–Crippen LogP) is 1.43. The van der Waals surface area contributed by atoms with Crippen molar-refractivity contribution in [1.29, 1.82) is 0 Å². The quantitative estimate of drug-likeness (QED) is 0.614. The van der Waals surface area contributed by atoms with Crippen molar-refractivity contribution in [1.82, 2.24) is 15.5 Å². The largest absolute Gasteiger partial charge is 0.480 e. The van der Waals surface area contributed by atoms with Crippen LogP contribution < -0.4 is 10.6 Å². The summed E-state index contributed by atoms with van der Waals surface area (Å²) >= 11 is 0. The molecule has 2 atom stereocenters. The lowest BCUT2D eigenvalue weighted by molar-refractivity contribution is -0.139. The highest BCUT2D eigenvalue weighted by molar-refractivity contribution is 5.74. The first kappa shape index (κ1) is 18.5. The van der Waals surface area contributed by atoms with E-state index >= 15 is 0 Å². The van der Waals surface area contributed by atoms with Crippen molar-refractivity contribution in [3.63, 3.8) is 0 Å². The fraction of sp³-hybridized carbons (Fsp3) is 0.889. The van der Waals surface area contributed by atoms with Crippen LogP contribution >= 0.6 is 0 Å². The van der Waals surface area contributed by atoms with Gasteiger partial charge in [0.25, 0.3) is 0 Å². The summed E-state index contributed by atoms with van der Waals surface area (Å²) in [6.07, 6.45) is 5.43. The van der Waals surface area contributed by atoms with Crippen molar-refractivity contribution in [2.45, 2.75) is 64.1 Å². The van der Waals surface area contributed by atoms with E-state index in [2.05, 4.69) is 17.6 Å². The number of carboxylic acid groups (broad SMARTS) is 1. The van der Waals surface area contributed by atoms with Gasteiger partial charge in [0, 0.05) is 30.7 Å². The molecule has 142 valence electrons.